The van der Waals surface area contributed by atoms with Gasteiger partial charge in [-0.2, -0.15) is 0 Å². The maximum absolute atomic E-state index is 5.20. The average Bonchev–Trinajstić information content (AvgIpc) is 2.29. The molecular formula is C13H16BrNO. The van der Waals surface area contributed by atoms with Crippen LogP contribution in [0.15, 0.2) is 22.7 Å². The summed E-state index contributed by atoms with van der Waals surface area (Å²) >= 11 is 3.52. The van der Waals surface area contributed by atoms with Crippen LogP contribution in [0.5, 0.6) is 0 Å². The average molecular weight is 282 g/mol. The summed E-state index contributed by atoms with van der Waals surface area (Å²) in [6, 6.07) is 6.07. The van der Waals surface area contributed by atoms with Crippen molar-refractivity contribution in [2.24, 2.45) is 0 Å². The smallest absolute Gasteiger partial charge is 0.0744 e. The highest BCUT2D eigenvalue weighted by molar-refractivity contribution is 9.10. The highest BCUT2D eigenvalue weighted by Gasteiger charge is 2.05. The fourth-order valence-corrected chi connectivity index (χ4v) is 1.91. The highest BCUT2D eigenvalue weighted by Crippen LogP contribution is 2.25. The van der Waals surface area contributed by atoms with Gasteiger partial charge in [0.1, 0.15) is 0 Å². The van der Waals surface area contributed by atoms with Crippen LogP contribution in [0.1, 0.15) is 18.4 Å². The Labute approximate surface area is 106 Å². The number of nitrogens with one attached hydrogen (secondary N) is 1. The normalized spacial score (nSPS) is 9.81. The minimum absolute atomic E-state index is 0.596. The second kappa shape index (κ2) is 7.32. The Balaban J connectivity index is 2.64. The first-order chi connectivity index (χ1) is 7.79. The summed E-state index contributed by atoms with van der Waals surface area (Å²) in [5.74, 6) is 2.63. The molecule has 1 N–H and O–H groups in total. The predicted octanol–water partition coefficient (Wildman–Crippen LogP) is 3.42. The van der Waals surface area contributed by atoms with E-state index < -0.39 is 0 Å². The molecule has 1 aromatic carbocycles. The molecule has 0 unspecified atom stereocenters. The minimum Gasteiger partial charge on any atom is -0.385 e. The first-order valence-corrected chi connectivity index (χ1v) is 6.02. The Kier molecular flexibility index (Phi) is 5.99. The fraction of sp³-hybridized carbons (Fsp3) is 0.385. The fourth-order valence-electron chi connectivity index (χ4n) is 1.43. The lowest BCUT2D eigenvalue weighted by Crippen LogP contribution is -2.05. The van der Waals surface area contributed by atoms with Crippen LogP contribution in [-0.4, -0.2) is 13.7 Å². The topological polar surface area (TPSA) is 21.3 Å². The van der Waals surface area contributed by atoms with E-state index in [0.717, 1.165) is 35.1 Å². The molecule has 0 bridgehead atoms. The van der Waals surface area contributed by atoms with Crippen molar-refractivity contribution in [2.75, 3.05) is 19.0 Å². The van der Waals surface area contributed by atoms with Crippen molar-refractivity contribution in [3.63, 3.8) is 0 Å². The number of terminal acetylenes is 1. The molecule has 0 atom stereocenters. The summed E-state index contributed by atoms with van der Waals surface area (Å²) in [6.07, 6.45) is 6.99. The van der Waals surface area contributed by atoms with Crippen LogP contribution >= 0.6 is 15.9 Å². The highest BCUT2D eigenvalue weighted by atomic mass is 79.9. The third-order valence-electron chi connectivity index (χ3n) is 2.22. The van der Waals surface area contributed by atoms with Crippen molar-refractivity contribution in [1.82, 2.24) is 0 Å². The van der Waals surface area contributed by atoms with E-state index in [4.69, 9.17) is 11.2 Å². The largest absolute Gasteiger partial charge is 0.385 e. The van der Waals surface area contributed by atoms with Gasteiger partial charge in [0.05, 0.1) is 6.61 Å². The van der Waals surface area contributed by atoms with Crippen LogP contribution in [-0.2, 0) is 11.3 Å². The predicted molar refractivity (Wildman–Crippen MR) is 71.4 cm³/mol. The molecule has 0 radical (unpaired) electrons. The molecule has 0 aliphatic rings. The summed E-state index contributed by atoms with van der Waals surface area (Å²) in [5, 5.41) is 3.37. The second-order valence-corrected chi connectivity index (χ2v) is 4.29. The summed E-state index contributed by atoms with van der Waals surface area (Å²) in [4.78, 5) is 0. The number of hydrogen-bond acceptors (Lipinski definition) is 2. The van der Waals surface area contributed by atoms with Gasteiger partial charge in [-0.1, -0.05) is 22.0 Å². The zero-order valence-corrected chi connectivity index (χ0v) is 11.0. The number of halogens is 1. The standard InChI is InChI=1S/C13H16BrNO/c1-3-4-5-9-15-13-8-6-7-12(14)11(13)10-16-2/h1,6-8,15H,4-5,9-10H2,2H3. The molecular weight excluding hydrogens is 266 g/mol. The lowest BCUT2D eigenvalue weighted by Gasteiger charge is -2.12. The van der Waals surface area contributed by atoms with E-state index in [2.05, 4.69) is 33.2 Å². The number of ether oxygens (including phenoxy) is 1. The maximum atomic E-state index is 5.20. The first-order valence-electron chi connectivity index (χ1n) is 5.23. The molecule has 0 aliphatic heterocycles. The molecule has 16 heavy (non-hydrogen) atoms. The first kappa shape index (κ1) is 13.1. The van der Waals surface area contributed by atoms with Crippen molar-refractivity contribution < 1.29 is 4.74 Å². The molecule has 0 heterocycles. The third kappa shape index (κ3) is 3.88. The number of rotatable bonds is 6. The van der Waals surface area contributed by atoms with Crippen LogP contribution in [0.3, 0.4) is 0 Å². The molecule has 1 rings (SSSR count). The zero-order valence-electron chi connectivity index (χ0n) is 9.42. The van der Waals surface area contributed by atoms with Crippen LogP contribution in [0.25, 0.3) is 0 Å². The quantitative estimate of drug-likeness (QED) is 0.637. The molecule has 2 nitrogen and oxygen atoms in total. The van der Waals surface area contributed by atoms with Crippen LogP contribution < -0.4 is 5.32 Å². The SMILES string of the molecule is C#CCCCNc1cccc(Br)c1COC. The lowest BCUT2D eigenvalue weighted by atomic mass is 10.2. The minimum atomic E-state index is 0.596. The molecule has 0 saturated heterocycles. The Bertz CT molecular complexity index is 371. The Hall–Kier alpha value is -0.980. The summed E-state index contributed by atoms with van der Waals surface area (Å²) in [5.41, 5.74) is 2.25. The van der Waals surface area contributed by atoms with Gasteiger partial charge in [0.25, 0.3) is 0 Å². The lowest BCUT2D eigenvalue weighted by molar-refractivity contribution is 0.185. The van der Waals surface area contributed by atoms with E-state index in [1.807, 2.05) is 12.1 Å². The van der Waals surface area contributed by atoms with Gasteiger partial charge in [-0.25, -0.2) is 0 Å². The Morgan fingerprint density at radius 2 is 2.31 bits per heavy atom. The van der Waals surface area contributed by atoms with Crippen molar-refractivity contribution in [3.05, 3.63) is 28.2 Å². The molecule has 3 heteroatoms. The van der Waals surface area contributed by atoms with Gasteiger partial charge >= 0.3 is 0 Å². The zero-order chi connectivity index (χ0) is 11.8. The van der Waals surface area contributed by atoms with Gasteiger partial charge in [-0.3, -0.25) is 0 Å². The van der Waals surface area contributed by atoms with E-state index in [0.29, 0.717) is 6.61 Å². The summed E-state index contributed by atoms with van der Waals surface area (Å²) in [6.45, 7) is 1.48. The summed E-state index contributed by atoms with van der Waals surface area (Å²) < 4.78 is 6.24. The molecule has 1 aromatic rings. The van der Waals surface area contributed by atoms with Gasteiger partial charge in [0.15, 0.2) is 0 Å². The van der Waals surface area contributed by atoms with E-state index in [-0.39, 0.29) is 0 Å². The Morgan fingerprint density at radius 1 is 1.50 bits per heavy atom. The van der Waals surface area contributed by atoms with Crippen LogP contribution in [0.2, 0.25) is 0 Å². The van der Waals surface area contributed by atoms with E-state index in [1.54, 1.807) is 7.11 Å². The third-order valence-corrected chi connectivity index (χ3v) is 2.96. The molecule has 86 valence electrons. The van der Waals surface area contributed by atoms with Gasteiger partial charge in [0.2, 0.25) is 0 Å². The van der Waals surface area contributed by atoms with Crippen molar-refractivity contribution in [2.45, 2.75) is 19.4 Å². The molecule has 0 aliphatic carbocycles. The van der Waals surface area contributed by atoms with Crippen molar-refractivity contribution >= 4 is 21.6 Å². The van der Waals surface area contributed by atoms with Crippen molar-refractivity contribution in [1.29, 1.82) is 0 Å². The van der Waals surface area contributed by atoms with Gasteiger partial charge in [-0.15, -0.1) is 12.3 Å². The maximum Gasteiger partial charge on any atom is 0.0744 e. The molecule has 0 aromatic heterocycles. The second-order valence-electron chi connectivity index (χ2n) is 3.43. The van der Waals surface area contributed by atoms with Crippen LogP contribution in [0, 0.1) is 12.3 Å². The number of unbranched alkanes of at least 4 members (excludes halogenated alkanes) is 1. The number of hydrogen-bond donors (Lipinski definition) is 1. The van der Waals surface area contributed by atoms with Crippen LogP contribution in [0.4, 0.5) is 5.69 Å². The van der Waals surface area contributed by atoms with Gasteiger partial charge in [0, 0.05) is 35.8 Å². The van der Waals surface area contributed by atoms with Crippen molar-refractivity contribution in [3.8, 4) is 12.3 Å². The molecule has 0 saturated carbocycles. The molecule has 0 amide bonds. The number of anilines is 1. The van der Waals surface area contributed by atoms with Gasteiger partial charge < -0.3 is 10.1 Å². The van der Waals surface area contributed by atoms with E-state index >= 15 is 0 Å². The Morgan fingerprint density at radius 3 is 3.00 bits per heavy atom. The molecule has 0 fully saturated rings. The number of benzene rings is 1. The molecule has 0 spiro atoms. The monoisotopic (exact) mass is 281 g/mol. The van der Waals surface area contributed by atoms with Gasteiger partial charge in [-0.05, 0) is 18.6 Å². The number of methoxy groups -OCH3 is 1. The summed E-state index contributed by atoms with van der Waals surface area (Å²) in [7, 11) is 1.70. The van der Waals surface area contributed by atoms with E-state index in [9.17, 15) is 0 Å². The van der Waals surface area contributed by atoms with E-state index in [1.165, 1.54) is 0 Å².